The second-order valence-corrected chi connectivity index (χ2v) is 8.26. The molecule has 0 aliphatic heterocycles. The number of carbonyl (C=O) groups is 1. The molecule has 154 valence electrons. The summed E-state index contributed by atoms with van der Waals surface area (Å²) in [4.78, 5) is 13.0. The van der Waals surface area contributed by atoms with E-state index in [1.807, 2.05) is 49.4 Å². The van der Waals surface area contributed by atoms with Crippen molar-refractivity contribution in [1.29, 1.82) is 0 Å². The highest BCUT2D eigenvalue weighted by Gasteiger charge is 2.76. The maximum atomic E-state index is 13.1. The number of benzene rings is 2. The number of rotatable bonds is 4. The van der Waals surface area contributed by atoms with Gasteiger partial charge in [-0.2, -0.15) is 13.2 Å². The molecule has 1 saturated carbocycles. The predicted octanol–water partition coefficient (Wildman–Crippen LogP) is 6.41. The Kier molecular flexibility index (Phi) is 5.33. The van der Waals surface area contributed by atoms with E-state index >= 15 is 0 Å². The highest BCUT2D eigenvalue weighted by atomic mass is 35.5. The average Bonchev–Trinajstić information content (AvgIpc) is 3.16. The van der Waals surface area contributed by atoms with Gasteiger partial charge in [0.05, 0.1) is 7.11 Å². The Morgan fingerprint density at radius 2 is 1.72 bits per heavy atom. The van der Waals surface area contributed by atoms with Crippen molar-refractivity contribution in [1.82, 2.24) is 0 Å². The highest BCUT2D eigenvalue weighted by Crippen LogP contribution is 2.71. The number of alkyl halides is 3. The van der Waals surface area contributed by atoms with Gasteiger partial charge < -0.3 is 4.74 Å². The average molecular weight is 423 g/mol. The molecule has 0 unspecified atom stereocenters. The zero-order chi connectivity index (χ0) is 21.6. The summed E-state index contributed by atoms with van der Waals surface area (Å²) in [6.45, 7) is 5.41. The molecule has 2 atom stereocenters. The van der Waals surface area contributed by atoms with Crippen molar-refractivity contribution in [2.75, 3.05) is 7.11 Å². The molecule has 0 radical (unpaired) electrons. The molecule has 1 aliphatic carbocycles. The van der Waals surface area contributed by atoms with Crippen LogP contribution in [0.15, 0.2) is 59.6 Å². The minimum atomic E-state index is -4.66. The van der Waals surface area contributed by atoms with Gasteiger partial charge >= 0.3 is 12.1 Å². The molecule has 29 heavy (non-hydrogen) atoms. The lowest BCUT2D eigenvalue weighted by atomic mass is 9.82. The number of hydrogen-bond donors (Lipinski definition) is 0. The molecular weight excluding hydrogens is 401 g/mol. The van der Waals surface area contributed by atoms with Gasteiger partial charge in [-0.3, -0.25) is 4.79 Å². The van der Waals surface area contributed by atoms with E-state index < -0.39 is 33.9 Å². The van der Waals surface area contributed by atoms with E-state index in [0.29, 0.717) is 5.56 Å². The number of allylic oxidation sites excluding steroid dienone is 2. The quantitative estimate of drug-likeness (QED) is 0.532. The molecule has 0 heterocycles. The third-order valence-electron chi connectivity index (χ3n) is 6.11. The predicted molar refractivity (Wildman–Crippen MR) is 108 cm³/mol. The Hall–Kier alpha value is -2.27. The van der Waals surface area contributed by atoms with E-state index in [1.165, 1.54) is 7.11 Å². The summed E-state index contributed by atoms with van der Waals surface area (Å²) in [5.41, 5.74) is 1.32. The maximum Gasteiger partial charge on any atom is 0.426 e. The molecule has 0 aromatic heterocycles. The van der Waals surface area contributed by atoms with E-state index in [0.717, 1.165) is 22.8 Å². The third-order valence-corrected chi connectivity index (χ3v) is 6.45. The first-order chi connectivity index (χ1) is 13.5. The van der Waals surface area contributed by atoms with Crippen molar-refractivity contribution in [3.05, 3.63) is 70.8 Å². The second-order valence-electron chi connectivity index (χ2n) is 7.86. The molecule has 2 aromatic carbocycles. The first-order valence-corrected chi connectivity index (χ1v) is 9.55. The number of hydrogen-bond acceptors (Lipinski definition) is 2. The van der Waals surface area contributed by atoms with Crippen molar-refractivity contribution in [3.8, 4) is 11.1 Å². The summed E-state index contributed by atoms with van der Waals surface area (Å²) in [6.07, 6.45) is -3.71. The fraction of sp³-hybridized carbons (Fsp3) is 0.348. The minimum absolute atomic E-state index is 0.566. The Morgan fingerprint density at radius 3 is 2.28 bits per heavy atom. The van der Waals surface area contributed by atoms with Crippen molar-refractivity contribution >= 4 is 17.6 Å². The summed E-state index contributed by atoms with van der Waals surface area (Å²) >= 11 is 5.53. The molecule has 2 nitrogen and oxygen atoms in total. The molecular formula is C23H22ClF3O2. The smallest absolute Gasteiger partial charge is 0.426 e. The molecule has 0 bridgehead atoms. The van der Waals surface area contributed by atoms with Crippen LogP contribution in [-0.4, -0.2) is 19.3 Å². The van der Waals surface area contributed by atoms with Crippen molar-refractivity contribution in [2.24, 2.45) is 11.3 Å². The van der Waals surface area contributed by atoms with Gasteiger partial charge in [-0.05, 0) is 34.6 Å². The first-order valence-electron chi connectivity index (χ1n) is 9.18. The van der Waals surface area contributed by atoms with Gasteiger partial charge in [0.2, 0.25) is 0 Å². The van der Waals surface area contributed by atoms with E-state index in [4.69, 9.17) is 16.3 Å². The van der Waals surface area contributed by atoms with Crippen LogP contribution in [0, 0.1) is 18.3 Å². The molecule has 0 spiro atoms. The number of halogens is 4. The minimum Gasteiger partial charge on any atom is -0.468 e. The van der Waals surface area contributed by atoms with E-state index in [1.54, 1.807) is 19.9 Å². The molecule has 6 heteroatoms. The van der Waals surface area contributed by atoms with Gasteiger partial charge in [0.15, 0.2) is 0 Å². The summed E-state index contributed by atoms with van der Waals surface area (Å²) in [6, 6.07) is 15.2. The number of esters is 1. The van der Waals surface area contributed by atoms with Crippen LogP contribution in [0.2, 0.25) is 0 Å². The van der Waals surface area contributed by atoms with Crippen LogP contribution in [0.3, 0.4) is 0 Å². The fourth-order valence-corrected chi connectivity index (χ4v) is 4.67. The Labute approximate surface area is 173 Å². The monoisotopic (exact) mass is 422 g/mol. The van der Waals surface area contributed by atoms with Gasteiger partial charge in [-0.1, -0.05) is 80.1 Å². The number of carbonyl (C=O) groups excluding carboxylic acids is 1. The lowest BCUT2D eigenvalue weighted by molar-refractivity contribution is -0.145. The first kappa shape index (κ1) is 21.4. The molecule has 3 rings (SSSR count). The van der Waals surface area contributed by atoms with E-state index in [-0.39, 0.29) is 0 Å². The summed E-state index contributed by atoms with van der Waals surface area (Å²) in [7, 11) is 1.25. The second kappa shape index (κ2) is 7.21. The normalized spacial score (nSPS) is 23.6. The topological polar surface area (TPSA) is 26.3 Å². The van der Waals surface area contributed by atoms with E-state index in [9.17, 15) is 18.0 Å². The molecule has 0 amide bonds. The lowest BCUT2D eigenvalue weighted by Crippen LogP contribution is -2.29. The SMILES string of the molecule is COC(=O)[C@@]1(c2cccc(-c3ccccc3)c2C)[C@H](/C=C(\Cl)C(F)(F)F)C1(C)C. The summed E-state index contributed by atoms with van der Waals surface area (Å²) in [5, 5.41) is -1.22. The van der Waals surface area contributed by atoms with Crippen LogP contribution in [0.5, 0.6) is 0 Å². The maximum absolute atomic E-state index is 13.1. The number of ether oxygens (including phenoxy) is 1. The fourth-order valence-electron chi connectivity index (χ4n) is 4.55. The molecule has 0 saturated heterocycles. The van der Waals surface area contributed by atoms with Gasteiger partial charge in [-0.25, -0.2) is 0 Å². The summed E-state index contributed by atoms with van der Waals surface area (Å²) in [5.74, 6) is -1.31. The molecule has 2 aromatic rings. The largest absolute Gasteiger partial charge is 0.468 e. The lowest BCUT2D eigenvalue weighted by Gasteiger charge is -2.22. The molecule has 1 aliphatic rings. The van der Waals surface area contributed by atoms with Crippen LogP contribution in [0.25, 0.3) is 11.1 Å². The van der Waals surface area contributed by atoms with Gasteiger partial charge in [0.1, 0.15) is 10.4 Å². The Morgan fingerprint density at radius 1 is 1.10 bits per heavy atom. The standard InChI is InChI=1S/C23H22ClF3O2/c1-14-16(15-9-6-5-7-10-15)11-8-12-17(14)22(20(28)29-4)18(21(22,2)3)13-19(24)23(25,26)27/h5-13,18H,1-4H3/b19-13-/t18-,22-/m1/s1. The van der Waals surface area contributed by atoms with Crippen molar-refractivity contribution in [3.63, 3.8) is 0 Å². The van der Waals surface area contributed by atoms with Crippen LogP contribution in [-0.2, 0) is 14.9 Å². The highest BCUT2D eigenvalue weighted by molar-refractivity contribution is 6.30. The molecule has 0 N–H and O–H groups in total. The zero-order valence-electron chi connectivity index (χ0n) is 16.6. The zero-order valence-corrected chi connectivity index (χ0v) is 17.4. The van der Waals surface area contributed by atoms with Crippen LogP contribution < -0.4 is 0 Å². The van der Waals surface area contributed by atoms with Gasteiger partial charge in [-0.15, -0.1) is 0 Å². The third kappa shape index (κ3) is 3.25. The van der Waals surface area contributed by atoms with Crippen LogP contribution >= 0.6 is 11.6 Å². The van der Waals surface area contributed by atoms with Crippen molar-refractivity contribution < 1.29 is 22.7 Å². The van der Waals surface area contributed by atoms with Crippen LogP contribution in [0.1, 0.15) is 25.0 Å². The van der Waals surface area contributed by atoms with E-state index in [2.05, 4.69) is 0 Å². The Balaban J connectivity index is 2.21. The Bertz CT molecular complexity index is 964. The molecule has 1 fully saturated rings. The number of methoxy groups -OCH3 is 1. The van der Waals surface area contributed by atoms with Crippen LogP contribution in [0.4, 0.5) is 13.2 Å². The summed E-state index contributed by atoms with van der Waals surface area (Å²) < 4.78 is 44.3. The van der Waals surface area contributed by atoms with Gasteiger partial charge in [0, 0.05) is 5.92 Å². The van der Waals surface area contributed by atoms with Crippen molar-refractivity contribution in [2.45, 2.75) is 32.4 Å². The van der Waals surface area contributed by atoms with Gasteiger partial charge in [0.25, 0.3) is 0 Å².